The average Bonchev–Trinajstić information content (AvgIpc) is 2.91. The van der Waals surface area contributed by atoms with Crippen molar-refractivity contribution in [2.75, 3.05) is 40.3 Å². The highest BCUT2D eigenvalue weighted by atomic mass is 35.5. The van der Waals surface area contributed by atoms with Crippen molar-refractivity contribution in [2.24, 2.45) is 11.8 Å². The van der Waals surface area contributed by atoms with E-state index in [0.717, 1.165) is 12.8 Å². The number of amides is 3. The Morgan fingerprint density at radius 1 is 1.21 bits per heavy atom. The van der Waals surface area contributed by atoms with Crippen LogP contribution in [-0.2, 0) is 10.3 Å². The molecule has 0 unspecified atom stereocenters. The Morgan fingerprint density at radius 3 is 2.66 bits per heavy atom. The van der Waals surface area contributed by atoms with E-state index in [1.54, 1.807) is 11.0 Å². The number of hydrogen-bond donors (Lipinski definition) is 4. The Hall–Kier alpha value is -2.10. The molecule has 214 valence electrons. The molecule has 1 aromatic rings. The molecular weight excluding hydrogens is 511 g/mol. The van der Waals surface area contributed by atoms with Crippen LogP contribution in [0.4, 0.5) is 14.0 Å². The maximum absolute atomic E-state index is 14.3. The second-order valence-electron chi connectivity index (χ2n) is 10.8. The molecule has 3 amide bonds. The number of benzene rings is 1. The molecule has 0 bridgehead atoms. The summed E-state index contributed by atoms with van der Waals surface area (Å²) in [6.45, 7) is 1.94. The number of methoxy groups -OCH3 is 1. The second kappa shape index (κ2) is 14.9. The Kier molecular flexibility index (Phi) is 11.9. The van der Waals surface area contributed by atoms with E-state index in [0.29, 0.717) is 50.5 Å². The van der Waals surface area contributed by atoms with Gasteiger partial charge in [0.25, 0.3) is 0 Å². The maximum atomic E-state index is 14.3. The lowest BCUT2D eigenvalue weighted by Crippen LogP contribution is -2.54. The number of alkyl carbamates (subject to hydrolysis) is 1. The topological polar surface area (TPSA) is 103 Å². The highest BCUT2D eigenvalue weighted by Gasteiger charge is 2.42. The largest absolute Gasteiger partial charge is 0.453 e. The molecule has 1 saturated carbocycles. The number of hydrogen-bond acceptors (Lipinski definition) is 5. The lowest BCUT2D eigenvalue weighted by Gasteiger charge is -2.43. The van der Waals surface area contributed by atoms with Crippen LogP contribution < -0.4 is 16.0 Å². The first-order chi connectivity index (χ1) is 18.2. The Balaban J connectivity index is 1.71. The van der Waals surface area contributed by atoms with E-state index in [1.165, 1.54) is 51.3 Å². The number of halogens is 2. The van der Waals surface area contributed by atoms with E-state index < -0.39 is 17.5 Å². The minimum Gasteiger partial charge on any atom is -0.453 e. The molecule has 1 heterocycles. The van der Waals surface area contributed by atoms with Crippen LogP contribution >= 0.6 is 11.6 Å². The number of likely N-dealkylation sites (N-methyl/N-ethyl adjacent to an activating group) is 1. The van der Waals surface area contributed by atoms with Crippen LogP contribution in [0, 0.1) is 17.7 Å². The fourth-order valence-electron chi connectivity index (χ4n) is 6.09. The maximum Gasteiger partial charge on any atom is 0.406 e. The number of carbonyl (C=O) groups excluding carboxylic acids is 2. The standard InChI is InChI=1S/C28H44ClFN4O4/c1-31-18-25(14-20-8-4-3-5-9-20)33-26(35)34-13-6-10-21(19-34)28(37,11-7-12-32-27(36)38-2)22-15-23(29)17-24(30)16-22/h15-17,20-21,25,31,37H,3-14,18-19H2,1-2H3,(H,32,36)(H,33,35)/t21-,25+,28+/m1/s1. The van der Waals surface area contributed by atoms with Gasteiger partial charge in [-0.05, 0) is 68.8 Å². The molecule has 4 N–H and O–H groups in total. The fourth-order valence-corrected chi connectivity index (χ4v) is 6.31. The van der Waals surface area contributed by atoms with Crippen LogP contribution in [0.5, 0.6) is 0 Å². The lowest BCUT2D eigenvalue weighted by molar-refractivity contribution is -0.0554. The Labute approximate surface area is 231 Å². The number of urea groups is 1. The zero-order chi connectivity index (χ0) is 27.5. The van der Waals surface area contributed by atoms with Crippen molar-refractivity contribution < 1.29 is 23.8 Å². The van der Waals surface area contributed by atoms with Crippen LogP contribution in [0.25, 0.3) is 0 Å². The van der Waals surface area contributed by atoms with Gasteiger partial charge in [-0.1, -0.05) is 43.7 Å². The molecule has 3 atom stereocenters. The molecule has 2 aliphatic rings. The lowest BCUT2D eigenvalue weighted by atomic mass is 9.74. The van der Waals surface area contributed by atoms with Gasteiger partial charge in [0.2, 0.25) is 0 Å². The minimum absolute atomic E-state index is 0.0429. The van der Waals surface area contributed by atoms with Gasteiger partial charge in [-0.15, -0.1) is 0 Å². The van der Waals surface area contributed by atoms with E-state index in [9.17, 15) is 19.1 Å². The summed E-state index contributed by atoms with van der Waals surface area (Å²) in [6.07, 6.45) is 8.78. The normalized spacial score (nSPS) is 20.9. The van der Waals surface area contributed by atoms with E-state index >= 15 is 0 Å². The van der Waals surface area contributed by atoms with Crippen molar-refractivity contribution in [1.29, 1.82) is 0 Å². The van der Waals surface area contributed by atoms with E-state index in [2.05, 4.69) is 20.7 Å². The first-order valence-electron chi connectivity index (χ1n) is 14.0. The van der Waals surface area contributed by atoms with Crippen molar-refractivity contribution in [2.45, 2.75) is 75.9 Å². The number of ether oxygens (including phenoxy) is 1. The van der Waals surface area contributed by atoms with Crippen LogP contribution in [0.3, 0.4) is 0 Å². The number of carbonyl (C=O) groups is 2. The van der Waals surface area contributed by atoms with Crippen LogP contribution in [-0.4, -0.2) is 68.5 Å². The number of rotatable bonds is 11. The molecular formula is C28H44ClFN4O4. The van der Waals surface area contributed by atoms with Gasteiger partial charge in [0.15, 0.2) is 0 Å². The van der Waals surface area contributed by atoms with Crippen LogP contribution in [0.2, 0.25) is 5.02 Å². The SMILES string of the molecule is CNC[C@H](CC1CCCCC1)NC(=O)N1CCC[C@@H]([C@@](O)(CCCNC(=O)OC)c2cc(F)cc(Cl)c2)C1. The zero-order valence-electron chi connectivity index (χ0n) is 22.7. The number of nitrogens with one attached hydrogen (secondary N) is 3. The van der Waals surface area contributed by atoms with E-state index in [-0.39, 0.29) is 29.4 Å². The predicted molar refractivity (Wildman–Crippen MR) is 147 cm³/mol. The predicted octanol–water partition coefficient (Wildman–Crippen LogP) is 4.78. The molecule has 0 spiro atoms. The number of likely N-dealkylation sites (tertiary alicyclic amines) is 1. The number of nitrogens with zero attached hydrogens (tertiary/aromatic N) is 1. The van der Waals surface area contributed by atoms with Crippen molar-refractivity contribution in [3.8, 4) is 0 Å². The molecule has 38 heavy (non-hydrogen) atoms. The summed E-state index contributed by atoms with van der Waals surface area (Å²) in [4.78, 5) is 26.6. The summed E-state index contributed by atoms with van der Waals surface area (Å²) in [5, 5.41) is 21.3. The Bertz CT molecular complexity index is 897. The van der Waals surface area contributed by atoms with Gasteiger partial charge >= 0.3 is 12.1 Å². The fraction of sp³-hybridized carbons (Fsp3) is 0.714. The molecule has 2 fully saturated rings. The van der Waals surface area contributed by atoms with Crippen molar-refractivity contribution >= 4 is 23.7 Å². The average molecular weight is 555 g/mol. The molecule has 1 aliphatic heterocycles. The summed E-state index contributed by atoms with van der Waals surface area (Å²) >= 11 is 6.16. The first kappa shape index (κ1) is 30.4. The summed E-state index contributed by atoms with van der Waals surface area (Å²) < 4.78 is 18.9. The monoisotopic (exact) mass is 554 g/mol. The first-order valence-corrected chi connectivity index (χ1v) is 14.3. The van der Waals surface area contributed by atoms with Gasteiger partial charge in [0, 0.05) is 43.2 Å². The third-order valence-corrected chi connectivity index (χ3v) is 8.27. The molecule has 1 saturated heterocycles. The van der Waals surface area contributed by atoms with Gasteiger partial charge in [-0.2, -0.15) is 0 Å². The van der Waals surface area contributed by atoms with Crippen LogP contribution in [0.1, 0.15) is 69.8 Å². The third-order valence-electron chi connectivity index (χ3n) is 8.06. The molecule has 3 rings (SSSR count). The van der Waals surface area contributed by atoms with Gasteiger partial charge in [0.05, 0.1) is 12.7 Å². The zero-order valence-corrected chi connectivity index (χ0v) is 23.5. The highest BCUT2D eigenvalue weighted by Crippen LogP contribution is 2.40. The molecule has 0 radical (unpaired) electrons. The number of aliphatic hydroxyl groups is 1. The molecule has 1 aromatic carbocycles. The molecule has 8 nitrogen and oxygen atoms in total. The van der Waals surface area contributed by atoms with Crippen LogP contribution in [0.15, 0.2) is 18.2 Å². The summed E-state index contributed by atoms with van der Waals surface area (Å²) in [7, 11) is 3.19. The summed E-state index contributed by atoms with van der Waals surface area (Å²) in [6, 6.07) is 4.02. The molecule has 10 heteroatoms. The quantitative estimate of drug-likeness (QED) is 0.295. The van der Waals surface area contributed by atoms with E-state index in [1.807, 2.05) is 7.05 Å². The van der Waals surface area contributed by atoms with Crippen molar-refractivity contribution in [1.82, 2.24) is 20.9 Å². The summed E-state index contributed by atoms with van der Waals surface area (Å²) in [5.41, 5.74) is -1.03. The number of piperidine rings is 1. The van der Waals surface area contributed by atoms with Gasteiger partial charge in [0.1, 0.15) is 5.82 Å². The minimum atomic E-state index is -1.42. The van der Waals surface area contributed by atoms with Crippen molar-refractivity contribution in [3.05, 3.63) is 34.6 Å². The van der Waals surface area contributed by atoms with Gasteiger partial charge in [-0.25, -0.2) is 14.0 Å². The second-order valence-corrected chi connectivity index (χ2v) is 11.3. The molecule has 1 aliphatic carbocycles. The summed E-state index contributed by atoms with van der Waals surface area (Å²) in [5.74, 6) is -0.210. The third kappa shape index (κ3) is 8.71. The highest BCUT2D eigenvalue weighted by molar-refractivity contribution is 6.30. The van der Waals surface area contributed by atoms with E-state index in [4.69, 9.17) is 11.6 Å². The Morgan fingerprint density at radius 2 is 1.97 bits per heavy atom. The molecule has 0 aromatic heterocycles. The van der Waals surface area contributed by atoms with Gasteiger partial charge in [-0.3, -0.25) is 0 Å². The van der Waals surface area contributed by atoms with Gasteiger partial charge < -0.3 is 30.7 Å². The smallest absolute Gasteiger partial charge is 0.406 e. The van der Waals surface area contributed by atoms with Crippen molar-refractivity contribution in [3.63, 3.8) is 0 Å².